The molecule has 92 valence electrons. The zero-order valence-corrected chi connectivity index (χ0v) is 10.3. The number of hydrogen-bond acceptors (Lipinski definition) is 0. The lowest BCUT2D eigenvalue weighted by molar-refractivity contribution is 0.511. The number of halogens is 2. The third-order valence-corrected chi connectivity index (χ3v) is 3.54. The summed E-state index contributed by atoms with van der Waals surface area (Å²) in [5.41, 5.74) is 4.50. The molecule has 0 unspecified atom stereocenters. The molecule has 0 atom stereocenters. The first kappa shape index (κ1) is 11.4. The molecular weight excluding hydrogens is 230 g/mol. The minimum absolute atomic E-state index is 0.461. The van der Waals surface area contributed by atoms with Crippen LogP contribution in [-0.2, 0) is 12.8 Å². The van der Waals surface area contributed by atoms with Crippen LogP contribution in [0.4, 0.5) is 8.78 Å². The van der Waals surface area contributed by atoms with E-state index in [1.807, 2.05) is 12.1 Å². The second-order valence-corrected chi connectivity index (χ2v) is 4.81. The van der Waals surface area contributed by atoms with Gasteiger partial charge in [0.05, 0.1) is 0 Å². The predicted octanol–water partition coefficient (Wildman–Crippen LogP) is 4.49. The molecule has 0 aliphatic heterocycles. The fraction of sp³-hybridized carbons (Fsp3) is 0.250. The molecular formula is C16H14F2. The summed E-state index contributed by atoms with van der Waals surface area (Å²) in [4.78, 5) is 0. The van der Waals surface area contributed by atoms with Crippen LogP contribution in [0.2, 0.25) is 0 Å². The van der Waals surface area contributed by atoms with Crippen molar-refractivity contribution in [3.8, 4) is 11.1 Å². The zero-order valence-electron chi connectivity index (χ0n) is 10.3. The van der Waals surface area contributed by atoms with E-state index in [-0.39, 0.29) is 0 Å². The van der Waals surface area contributed by atoms with Gasteiger partial charge in [-0.2, -0.15) is 0 Å². The molecule has 0 saturated heterocycles. The first-order valence-corrected chi connectivity index (χ1v) is 6.29. The Morgan fingerprint density at radius 1 is 1.06 bits per heavy atom. The highest BCUT2D eigenvalue weighted by Crippen LogP contribution is 2.39. The SMILES string of the molecule is CCCc1ccc2c(c1)-c1c(ccc(F)c1F)C2. The van der Waals surface area contributed by atoms with Crippen molar-refractivity contribution in [1.29, 1.82) is 0 Å². The van der Waals surface area contributed by atoms with Gasteiger partial charge in [0.1, 0.15) is 0 Å². The van der Waals surface area contributed by atoms with Crippen molar-refractivity contribution in [2.24, 2.45) is 0 Å². The van der Waals surface area contributed by atoms with Crippen LogP contribution in [0.25, 0.3) is 11.1 Å². The number of rotatable bonds is 2. The minimum atomic E-state index is -0.762. The largest absolute Gasteiger partial charge is 0.204 e. The van der Waals surface area contributed by atoms with E-state index in [2.05, 4.69) is 13.0 Å². The Labute approximate surface area is 105 Å². The Kier molecular flexibility index (Phi) is 2.66. The first-order chi connectivity index (χ1) is 8.70. The van der Waals surface area contributed by atoms with E-state index in [9.17, 15) is 8.78 Å². The summed E-state index contributed by atoms with van der Waals surface area (Å²) in [7, 11) is 0. The highest BCUT2D eigenvalue weighted by molar-refractivity contribution is 5.77. The van der Waals surface area contributed by atoms with Crippen molar-refractivity contribution in [2.45, 2.75) is 26.2 Å². The molecule has 18 heavy (non-hydrogen) atoms. The molecule has 1 aliphatic rings. The van der Waals surface area contributed by atoms with E-state index in [1.165, 1.54) is 11.6 Å². The third kappa shape index (κ3) is 1.64. The number of aryl methyl sites for hydroxylation is 1. The molecule has 2 aromatic carbocycles. The molecule has 0 N–H and O–H groups in total. The Bertz CT molecular complexity index is 615. The Balaban J connectivity index is 2.18. The smallest absolute Gasteiger partial charge is 0.166 e. The van der Waals surface area contributed by atoms with Gasteiger partial charge in [0.25, 0.3) is 0 Å². The van der Waals surface area contributed by atoms with Crippen LogP contribution in [0.3, 0.4) is 0 Å². The number of fused-ring (bicyclic) bond motifs is 3. The number of benzene rings is 2. The summed E-state index contributed by atoms with van der Waals surface area (Å²) >= 11 is 0. The van der Waals surface area contributed by atoms with Crippen LogP contribution < -0.4 is 0 Å². The maximum absolute atomic E-state index is 13.9. The van der Waals surface area contributed by atoms with E-state index in [0.29, 0.717) is 12.0 Å². The Morgan fingerprint density at radius 2 is 1.83 bits per heavy atom. The molecule has 0 aromatic heterocycles. The van der Waals surface area contributed by atoms with Gasteiger partial charge in [0.2, 0.25) is 0 Å². The van der Waals surface area contributed by atoms with Crippen LogP contribution in [0.5, 0.6) is 0 Å². The maximum atomic E-state index is 13.9. The quantitative estimate of drug-likeness (QED) is 0.623. The van der Waals surface area contributed by atoms with Crippen molar-refractivity contribution >= 4 is 0 Å². The molecule has 0 bridgehead atoms. The van der Waals surface area contributed by atoms with Gasteiger partial charge in [-0.15, -0.1) is 0 Å². The third-order valence-electron chi connectivity index (χ3n) is 3.54. The fourth-order valence-corrected chi connectivity index (χ4v) is 2.69. The average Bonchev–Trinajstić information content (AvgIpc) is 2.73. The molecule has 1 aliphatic carbocycles. The molecule has 2 aromatic rings. The lowest BCUT2D eigenvalue weighted by atomic mass is 10.0. The van der Waals surface area contributed by atoms with Gasteiger partial charge in [-0.25, -0.2) is 8.78 Å². The van der Waals surface area contributed by atoms with Crippen LogP contribution in [-0.4, -0.2) is 0 Å². The lowest BCUT2D eigenvalue weighted by Gasteiger charge is -2.06. The standard InChI is InChI=1S/C16H14F2/c1-2-3-10-4-5-11-9-12-6-7-14(17)16(18)15(12)13(11)8-10/h4-8H,2-3,9H2,1H3. The van der Waals surface area contributed by atoms with E-state index in [4.69, 9.17) is 0 Å². The fourth-order valence-electron chi connectivity index (χ4n) is 2.69. The second kappa shape index (κ2) is 4.20. The molecule has 0 fully saturated rings. The predicted molar refractivity (Wildman–Crippen MR) is 68.6 cm³/mol. The van der Waals surface area contributed by atoms with Crippen LogP contribution in [0.1, 0.15) is 30.0 Å². The molecule has 3 rings (SSSR count). The zero-order chi connectivity index (χ0) is 12.7. The first-order valence-electron chi connectivity index (χ1n) is 6.29. The van der Waals surface area contributed by atoms with E-state index >= 15 is 0 Å². The van der Waals surface area contributed by atoms with E-state index in [1.54, 1.807) is 6.07 Å². The van der Waals surface area contributed by atoms with Crippen molar-refractivity contribution in [1.82, 2.24) is 0 Å². The van der Waals surface area contributed by atoms with Crippen molar-refractivity contribution < 1.29 is 8.78 Å². The summed E-state index contributed by atoms with van der Waals surface area (Å²) in [5.74, 6) is -1.47. The highest BCUT2D eigenvalue weighted by atomic mass is 19.2. The highest BCUT2D eigenvalue weighted by Gasteiger charge is 2.24. The van der Waals surface area contributed by atoms with Gasteiger partial charge in [0, 0.05) is 5.56 Å². The van der Waals surface area contributed by atoms with Crippen LogP contribution >= 0.6 is 0 Å². The van der Waals surface area contributed by atoms with Crippen molar-refractivity contribution in [3.05, 3.63) is 58.7 Å². The van der Waals surface area contributed by atoms with E-state index < -0.39 is 11.6 Å². The Morgan fingerprint density at radius 3 is 2.61 bits per heavy atom. The maximum Gasteiger partial charge on any atom is 0.166 e. The van der Waals surface area contributed by atoms with Gasteiger partial charge >= 0.3 is 0 Å². The van der Waals surface area contributed by atoms with E-state index in [0.717, 1.165) is 29.5 Å². The minimum Gasteiger partial charge on any atom is -0.204 e. The molecule has 0 heterocycles. The second-order valence-electron chi connectivity index (χ2n) is 4.81. The van der Waals surface area contributed by atoms with Gasteiger partial charge in [0.15, 0.2) is 11.6 Å². The van der Waals surface area contributed by atoms with Crippen molar-refractivity contribution in [2.75, 3.05) is 0 Å². The van der Waals surface area contributed by atoms with Gasteiger partial charge < -0.3 is 0 Å². The van der Waals surface area contributed by atoms with Gasteiger partial charge in [-0.1, -0.05) is 37.6 Å². The average molecular weight is 244 g/mol. The number of hydrogen-bond donors (Lipinski definition) is 0. The topological polar surface area (TPSA) is 0 Å². The molecule has 2 heteroatoms. The Hall–Kier alpha value is -1.70. The molecule has 0 spiro atoms. The summed E-state index contributed by atoms with van der Waals surface area (Å²) in [5, 5.41) is 0. The normalized spacial score (nSPS) is 12.4. The molecule has 0 amide bonds. The van der Waals surface area contributed by atoms with Gasteiger partial charge in [-0.3, -0.25) is 0 Å². The van der Waals surface area contributed by atoms with Gasteiger partial charge in [-0.05, 0) is 41.2 Å². The summed E-state index contributed by atoms with van der Waals surface area (Å²) in [6, 6.07) is 9.04. The summed E-state index contributed by atoms with van der Waals surface area (Å²) in [6.07, 6.45) is 2.73. The van der Waals surface area contributed by atoms with Crippen molar-refractivity contribution in [3.63, 3.8) is 0 Å². The summed E-state index contributed by atoms with van der Waals surface area (Å²) in [6.45, 7) is 2.11. The van der Waals surface area contributed by atoms with Crippen LogP contribution in [0, 0.1) is 11.6 Å². The molecule has 0 radical (unpaired) electrons. The van der Waals surface area contributed by atoms with Crippen LogP contribution in [0.15, 0.2) is 30.3 Å². The monoisotopic (exact) mass is 244 g/mol. The molecule has 0 saturated carbocycles. The summed E-state index contributed by atoms with van der Waals surface area (Å²) < 4.78 is 27.3. The lowest BCUT2D eigenvalue weighted by Crippen LogP contribution is -1.91. The molecule has 0 nitrogen and oxygen atoms in total.